The lowest BCUT2D eigenvalue weighted by Crippen LogP contribution is -2.14. The van der Waals surface area contributed by atoms with Gasteiger partial charge in [-0.3, -0.25) is 0 Å². The van der Waals surface area contributed by atoms with Gasteiger partial charge in [0.15, 0.2) is 0 Å². The molecule has 0 radical (unpaired) electrons. The van der Waals surface area contributed by atoms with E-state index in [4.69, 9.17) is 12.6 Å². The Bertz CT molecular complexity index is 788. The summed E-state index contributed by atoms with van der Waals surface area (Å²) in [7, 11) is 0. The lowest BCUT2D eigenvalue weighted by molar-refractivity contribution is 0.482. The van der Waals surface area contributed by atoms with Gasteiger partial charge in [0.1, 0.15) is 0 Å². The van der Waals surface area contributed by atoms with E-state index in [2.05, 4.69) is 73.7 Å². The molecule has 0 nitrogen and oxygen atoms in total. The largest absolute Gasteiger partial charge is 0.144 e. The highest BCUT2D eigenvalue weighted by atomic mass is 32.1. The summed E-state index contributed by atoms with van der Waals surface area (Å²) in [6, 6.07) is 6.98. The van der Waals surface area contributed by atoms with Gasteiger partial charge in [-0.15, -0.1) is 12.6 Å². The van der Waals surface area contributed by atoms with E-state index < -0.39 is 0 Å². The maximum atomic E-state index is 4.70. The van der Waals surface area contributed by atoms with Crippen molar-refractivity contribution in [2.75, 3.05) is 0 Å². The van der Waals surface area contributed by atoms with Gasteiger partial charge in [-0.25, -0.2) is 0 Å². The summed E-state index contributed by atoms with van der Waals surface area (Å²) in [4.78, 5) is 1.11. The summed E-state index contributed by atoms with van der Waals surface area (Å²) in [5.41, 5.74) is 5.67. The highest BCUT2D eigenvalue weighted by Crippen LogP contribution is 2.39. The number of fused-ring (bicyclic) bond motifs is 1. The molecule has 0 bridgehead atoms. The predicted octanol–water partition coefficient (Wildman–Crippen LogP) is 6.56. The molecular formula is C23H24S. The maximum absolute atomic E-state index is 4.70. The summed E-state index contributed by atoms with van der Waals surface area (Å²) in [5.74, 6) is 1.76. The summed E-state index contributed by atoms with van der Waals surface area (Å²) < 4.78 is 0. The van der Waals surface area contributed by atoms with Crippen molar-refractivity contribution in [3.8, 4) is 0 Å². The first-order valence-electron chi connectivity index (χ1n) is 8.96. The third kappa shape index (κ3) is 3.10. The number of thiol groups is 1. The minimum atomic E-state index is 0.548. The van der Waals surface area contributed by atoms with Crippen LogP contribution < -0.4 is 0 Å². The Labute approximate surface area is 150 Å². The monoisotopic (exact) mass is 332 g/mol. The van der Waals surface area contributed by atoms with Crippen molar-refractivity contribution < 1.29 is 0 Å². The minimum absolute atomic E-state index is 0.548. The van der Waals surface area contributed by atoms with Gasteiger partial charge in [0.05, 0.1) is 0 Å². The van der Waals surface area contributed by atoms with Gasteiger partial charge >= 0.3 is 0 Å². The van der Waals surface area contributed by atoms with Gasteiger partial charge in [0.25, 0.3) is 0 Å². The van der Waals surface area contributed by atoms with Crippen molar-refractivity contribution in [2.45, 2.75) is 32.1 Å². The lowest BCUT2D eigenvalue weighted by Gasteiger charge is -2.28. The van der Waals surface area contributed by atoms with Crippen molar-refractivity contribution in [3.05, 3.63) is 82.3 Å². The van der Waals surface area contributed by atoms with Crippen LogP contribution in [0.4, 0.5) is 0 Å². The number of hydrogen-bond donors (Lipinski definition) is 1. The first-order valence-corrected chi connectivity index (χ1v) is 9.41. The Balaban J connectivity index is 1.63. The summed E-state index contributed by atoms with van der Waals surface area (Å²) in [6.45, 7) is 2.33. The third-order valence-corrected chi connectivity index (χ3v) is 5.78. The van der Waals surface area contributed by atoms with E-state index >= 15 is 0 Å². The van der Waals surface area contributed by atoms with E-state index in [1.165, 1.54) is 22.3 Å². The second-order valence-electron chi connectivity index (χ2n) is 7.22. The standard InChI is InChI=1S/C23H24S/c1-16-6-5-9-18-10-11-19(15-23(16)18)21-12-20(13-22(24)14-21)17-7-3-2-4-8-17/h2-5,7,9-11,13-17,20,24H,6,8,12H2,1H3. The van der Waals surface area contributed by atoms with Crippen LogP contribution in [0.25, 0.3) is 11.6 Å². The zero-order chi connectivity index (χ0) is 16.5. The predicted molar refractivity (Wildman–Crippen MR) is 108 cm³/mol. The summed E-state index contributed by atoms with van der Waals surface area (Å²) in [5, 5.41) is 0. The van der Waals surface area contributed by atoms with E-state index in [0.29, 0.717) is 17.8 Å². The topological polar surface area (TPSA) is 0 Å². The highest BCUT2D eigenvalue weighted by Gasteiger charge is 2.23. The third-order valence-electron chi connectivity index (χ3n) is 5.50. The summed E-state index contributed by atoms with van der Waals surface area (Å²) in [6.07, 6.45) is 21.5. The van der Waals surface area contributed by atoms with Crippen molar-refractivity contribution in [3.63, 3.8) is 0 Å². The fourth-order valence-electron chi connectivity index (χ4n) is 4.09. The molecule has 1 aromatic rings. The molecule has 3 aliphatic carbocycles. The molecule has 3 unspecified atom stereocenters. The average Bonchev–Trinajstić information content (AvgIpc) is 2.62. The molecule has 0 spiro atoms. The summed E-state index contributed by atoms with van der Waals surface area (Å²) >= 11 is 4.70. The minimum Gasteiger partial charge on any atom is -0.144 e. The molecule has 0 aromatic heterocycles. The molecule has 0 saturated carbocycles. The van der Waals surface area contributed by atoms with E-state index in [-0.39, 0.29) is 0 Å². The molecule has 0 heterocycles. The molecule has 0 aliphatic heterocycles. The smallest absolute Gasteiger partial charge is 0.000609 e. The average molecular weight is 333 g/mol. The van der Waals surface area contributed by atoms with Crippen LogP contribution >= 0.6 is 12.6 Å². The van der Waals surface area contributed by atoms with Gasteiger partial charge < -0.3 is 0 Å². The maximum Gasteiger partial charge on any atom is 0.000609 e. The lowest BCUT2D eigenvalue weighted by atomic mass is 9.78. The molecule has 0 amide bonds. The number of benzene rings is 1. The van der Waals surface area contributed by atoms with Gasteiger partial charge in [-0.1, -0.05) is 67.7 Å². The van der Waals surface area contributed by atoms with Crippen LogP contribution in [0.5, 0.6) is 0 Å². The fraction of sp³-hybridized carbons (Fsp3) is 0.304. The second-order valence-corrected chi connectivity index (χ2v) is 7.74. The molecule has 24 heavy (non-hydrogen) atoms. The van der Waals surface area contributed by atoms with Gasteiger partial charge in [-0.05, 0) is 65.4 Å². The Morgan fingerprint density at radius 1 is 1.04 bits per heavy atom. The van der Waals surface area contributed by atoms with Crippen molar-refractivity contribution in [2.24, 2.45) is 11.8 Å². The molecular weight excluding hydrogens is 308 g/mol. The van der Waals surface area contributed by atoms with Crippen LogP contribution in [0.15, 0.2) is 65.6 Å². The van der Waals surface area contributed by atoms with E-state index in [0.717, 1.165) is 24.2 Å². The van der Waals surface area contributed by atoms with Crippen LogP contribution in [-0.2, 0) is 0 Å². The molecule has 3 atom stereocenters. The highest BCUT2D eigenvalue weighted by molar-refractivity contribution is 7.84. The van der Waals surface area contributed by atoms with Gasteiger partial charge in [-0.2, -0.15) is 0 Å². The molecule has 1 heteroatoms. The van der Waals surface area contributed by atoms with Gasteiger partial charge in [0, 0.05) is 4.91 Å². The van der Waals surface area contributed by atoms with Crippen LogP contribution in [0.2, 0.25) is 0 Å². The Morgan fingerprint density at radius 2 is 1.96 bits per heavy atom. The Kier molecular flexibility index (Phi) is 4.37. The molecule has 4 rings (SSSR count). The fourth-order valence-corrected chi connectivity index (χ4v) is 4.44. The van der Waals surface area contributed by atoms with Crippen molar-refractivity contribution in [1.29, 1.82) is 0 Å². The Morgan fingerprint density at radius 3 is 2.79 bits per heavy atom. The van der Waals surface area contributed by atoms with Crippen LogP contribution in [-0.4, -0.2) is 0 Å². The molecule has 0 saturated heterocycles. The molecule has 0 fully saturated rings. The van der Waals surface area contributed by atoms with Crippen LogP contribution in [0.1, 0.15) is 48.8 Å². The zero-order valence-corrected chi connectivity index (χ0v) is 15.0. The van der Waals surface area contributed by atoms with E-state index in [9.17, 15) is 0 Å². The number of allylic oxidation sites excluding steroid dienone is 8. The Hall–Kier alpha value is -1.73. The quantitative estimate of drug-likeness (QED) is 0.583. The van der Waals surface area contributed by atoms with Crippen LogP contribution in [0, 0.1) is 11.8 Å². The van der Waals surface area contributed by atoms with Crippen LogP contribution in [0.3, 0.4) is 0 Å². The second kappa shape index (κ2) is 6.64. The zero-order valence-electron chi connectivity index (χ0n) is 14.2. The molecule has 122 valence electrons. The molecule has 1 aromatic carbocycles. The van der Waals surface area contributed by atoms with E-state index in [1.54, 1.807) is 0 Å². The molecule has 0 N–H and O–H groups in total. The first kappa shape index (κ1) is 15.8. The number of rotatable bonds is 2. The van der Waals surface area contributed by atoms with Gasteiger partial charge in [0.2, 0.25) is 0 Å². The number of hydrogen-bond acceptors (Lipinski definition) is 1. The normalized spacial score (nSPS) is 28.3. The van der Waals surface area contributed by atoms with Crippen molar-refractivity contribution >= 4 is 24.3 Å². The van der Waals surface area contributed by atoms with E-state index in [1.807, 2.05) is 0 Å². The van der Waals surface area contributed by atoms with Crippen molar-refractivity contribution in [1.82, 2.24) is 0 Å². The first-order chi connectivity index (χ1) is 11.7. The molecule has 3 aliphatic rings. The SMILES string of the molecule is CC1CC=Cc2ccc(C3=CC(S)=CC(C4C=CC=CC4)C3)cc21.